The largest absolute Gasteiger partial charge is 0.298 e. The van der Waals surface area contributed by atoms with Crippen LogP contribution < -0.4 is 0 Å². The van der Waals surface area contributed by atoms with Crippen molar-refractivity contribution in [3.8, 4) is 11.1 Å². The number of hydrogen-bond donors (Lipinski definition) is 0. The van der Waals surface area contributed by atoms with E-state index < -0.39 is 0 Å². The summed E-state index contributed by atoms with van der Waals surface area (Å²) in [6.45, 7) is 2.31. The molecular weight excluding hydrogens is 220 g/mol. The van der Waals surface area contributed by atoms with E-state index in [-0.39, 0.29) is 0 Å². The topological polar surface area (TPSA) is 17.1 Å². The summed E-state index contributed by atoms with van der Waals surface area (Å²) in [5.74, 6) is 0. The van der Waals surface area contributed by atoms with Crippen LogP contribution in [0, 0.1) is 0 Å². The van der Waals surface area contributed by atoms with E-state index in [9.17, 15) is 4.79 Å². The lowest BCUT2D eigenvalue weighted by atomic mass is 9.95. The summed E-state index contributed by atoms with van der Waals surface area (Å²) in [7, 11) is 0. The molecule has 1 aliphatic carbocycles. The molecule has 0 aliphatic heterocycles. The van der Waals surface area contributed by atoms with Crippen molar-refractivity contribution < 1.29 is 4.79 Å². The molecule has 1 heteroatoms. The highest BCUT2D eigenvalue weighted by Crippen LogP contribution is 2.47. The molecule has 0 heterocycles. The van der Waals surface area contributed by atoms with Gasteiger partial charge in [0.1, 0.15) is 6.29 Å². The Hall–Kier alpha value is -1.89. The molecule has 3 rings (SSSR count). The van der Waals surface area contributed by atoms with Crippen molar-refractivity contribution in [3.05, 3.63) is 59.7 Å². The monoisotopic (exact) mass is 236 g/mol. The smallest absolute Gasteiger partial charge is 0.150 e. The van der Waals surface area contributed by atoms with E-state index in [1.807, 2.05) is 24.3 Å². The first-order valence-electron chi connectivity index (χ1n) is 6.37. The highest BCUT2D eigenvalue weighted by molar-refractivity contribution is 5.78. The predicted molar refractivity (Wildman–Crippen MR) is 73.9 cm³/mol. The Morgan fingerprint density at radius 1 is 1.00 bits per heavy atom. The van der Waals surface area contributed by atoms with Gasteiger partial charge < -0.3 is 0 Å². The first-order chi connectivity index (χ1) is 8.71. The summed E-state index contributed by atoms with van der Waals surface area (Å²) in [5.41, 5.74) is 4.85. The van der Waals surface area contributed by atoms with Crippen LogP contribution in [-0.2, 0) is 5.41 Å². The Morgan fingerprint density at radius 2 is 1.72 bits per heavy atom. The van der Waals surface area contributed by atoms with Crippen LogP contribution in [0.1, 0.15) is 35.7 Å². The van der Waals surface area contributed by atoms with Crippen LogP contribution >= 0.6 is 0 Å². The van der Waals surface area contributed by atoms with Gasteiger partial charge >= 0.3 is 0 Å². The fourth-order valence-corrected chi connectivity index (χ4v) is 2.33. The van der Waals surface area contributed by atoms with Gasteiger partial charge in [0, 0.05) is 5.56 Å². The summed E-state index contributed by atoms with van der Waals surface area (Å²) in [5, 5.41) is 0. The molecule has 0 aromatic heterocycles. The van der Waals surface area contributed by atoms with Gasteiger partial charge in [0.25, 0.3) is 0 Å². The fraction of sp³-hybridized carbons (Fsp3) is 0.235. The van der Waals surface area contributed by atoms with E-state index in [0.29, 0.717) is 5.41 Å². The zero-order valence-electron chi connectivity index (χ0n) is 10.5. The number of benzene rings is 2. The molecule has 0 amide bonds. The lowest BCUT2D eigenvalue weighted by Crippen LogP contribution is -1.98. The Bertz CT molecular complexity index is 577. The molecule has 0 unspecified atom stereocenters. The quantitative estimate of drug-likeness (QED) is 0.729. The van der Waals surface area contributed by atoms with Gasteiger partial charge in [-0.05, 0) is 41.0 Å². The van der Waals surface area contributed by atoms with Crippen molar-refractivity contribution in [2.75, 3.05) is 0 Å². The summed E-state index contributed by atoms with van der Waals surface area (Å²) in [6, 6.07) is 16.5. The number of rotatable bonds is 3. The highest BCUT2D eigenvalue weighted by Gasteiger charge is 2.38. The van der Waals surface area contributed by atoms with Crippen LogP contribution in [0.3, 0.4) is 0 Å². The molecule has 1 saturated carbocycles. The minimum atomic E-state index is 0.420. The first-order valence-corrected chi connectivity index (χ1v) is 6.37. The van der Waals surface area contributed by atoms with Crippen LogP contribution in [0.15, 0.2) is 48.5 Å². The molecule has 1 fully saturated rings. The van der Waals surface area contributed by atoms with Gasteiger partial charge in [-0.25, -0.2) is 0 Å². The third-order valence-electron chi connectivity index (χ3n) is 3.94. The molecule has 1 aliphatic rings. The van der Waals surface area contributed by atoms with Gasteiger partial charge in [-0.2, -0.15) is 0 Å². The second-order valence-electron chi connectivity index (χ2n) is 5.38. The van der Waals surface area contributed by atoms with Crippen molar-refractivity contribution in [2.45, 2.75) is 25.2 Å². The van der Waals surface area contributed by atoms with Crippen molar-refractivity contribution in [3.63, 3.8) is 0 Å². The third kappa shape index (κ3) is 1.97. The van der Waals surface area contributed by atoms with Crippen molar-refractivity contribution in [1.29, 1.82) is 0 Å². The Balaban J connectivity index is 1.94. The summed E-state index contributed by atoms with van der Waals surface area (Å²) in [4.78, 5) is 10.8. The molecule has 0 saturated heterocycles. The minimum Gasteiger partial charge on any atom is -0.298 e. The van der Waals surface area contributed by atoms with Gasteiger partial charge in [-0.15, -0.1) is 0 Å². The molecule has 90 valence electrons. The summed E-state index contributed by atoms with van der Waals surface area (Å²) in [6.07, 6.45) is 3.49. The molecular formula is C17H16O. The number of carbonyl (C=O) groups is 1. The highest BCUT2D eigenvalue weighted by atomic mass is 16.1. The molecule has 0 bridgehead atoms. The van der Waals surface area contributed by atoms with Crippen LogP contribution in [0.4, 0.5) is 0 Å². The Kier molecular flexibility index (Phi) is 2.55. The lowest BCUT2D eigenvalue weighted by molar-refractivity contribution is 0.112. The van der Waals surface area contributed by atoms with E-state index in [1.165, 1.54) is 24.0 Å². The average Bonchev–Trinajstić information content (AvgIpc) is 3.18. The average molecular weight is 236 g/mol. The number of hydrogen-bond acceptors (Lipinski definition) is 1. The predicted octanol–water partition coefficient (Wildman–Crippen LogP) is 4.22. The zero-order valence-corrected chi connectivity index (χ0v) is 10.5. The molecule has 0 radical (unpaired) electrons. The lowest BCUT2D eigenvalue weighted by Gasteiger charge is -2.10. The van der Waals surface area contributed by atoms with Gasteiger partial charge in [0.15, 0.2) is 0 Å². The molecule has 2 aromatic carbocycles. The van der Waals surface area contributed by atoms with Gasteiger partial charge in [0.2, 0.25) is 0 Å². The van der Waals surface area contributed by atoms with Gasteiger partial charge in [-0.3, -0.25) is 4.79 Å². The minimum absolute atomic E-state index is 0.420. The summed E-state index contributed by atoms with van der Waals surface area (Å²) >= 11 is 0. The normalized spacial score (nSPS) is 16.3. The molecule has 0 N–H and O–H groups in total. The number of aldehydes is 1. The van der Waals surface area contributed by atoms with Crippen LogP contribution in [-0.4, -0.2) is 6.29 Å². The van der Waals surface area contributed by atoms with Gasteiger partial charge in [0.05, 0.1) is 0 Å². The maximum Gasteiger partial charge on any atom is 0.150 e. The molecule has 0 atom stereocenters. The molecule has 18 heavy (non-hydrogen) atoms. The van der Waals surface area contributed by atoms with Gasteiger partial charge in [-0.1, -0.05) is 49.4 Å². The van der Waals surface area contributed by atoms with E-state index >= 15 is 0 Å². The second kappa shape index (κ2) is 4.09. The van der Waals surface area contributed by atoms with Crippen molar-refractivity contribution in [2.24, 2.45) is 0 Å². The second-order valence-corrected chi connectivity index (χ2v) is 5.38. The Morgan fingerprint density at radius 3 is 2.33 bits per heavy atom. The van der Waals surface area contributed by atoms with Crippen molar-refractivity contribution >= 4 is 6.29 Å². The molecule has 1 nitrogen and oxygen atoms in total. The maximum atomic E-state index is 10.8. The molecule has 2 aromatic rings. The van der Waals surface area contributed by atoms with E-state index in [4.69, 9.17) is 0 Å². The van der Waals surface area contributed by atoms with Crippen molar-refractivity contribution in [1.82, 2.24) is 0 Å². The first kappa shape index (κ1) is 11.2. The van der Waals surface area contributed by atoms with E-state index in [0.717, 1.165) is 17.4 Å². The van der Waals surface area contributed by atoms with Crippen LogP contribution in [0.25, 0.3) is 11.1 Å². The SMILES string of the molecule is CC1(c2ccc(-c3cccc(C=O)c3)cc2)CC1. The van der Waals surface area contributed by atoms with E-state index in [1.54, 1.807) is 0 Å². The summed E-state index contributed by atoms with van der Waals surface area (Å²) < 4.78 is 0. The van der Waals surface area contributed by atoms with Crippen LogP contribution in [0.5, 0.6) is 0 Å². The van der Waals surface area contributed by atoms with E-state index in [2.05, 4.69) is 31.2 Å². The third-order valence-corrected chi connectivity index (χ3v) is 3.94. The van der Waals surface area contributed by atoms with Crippen LogP contribution in [0.2, 0.25) is 0 Å². The zero-order chi connectivity index (χ0) is 12.6. The molecule has 0 spiro atoms. The standard InChI is InChI=1S/C17H16O/c1-17(9-10-17)16-7-5-14(6-8-16)15-4-2-3-13(11-15)12-18/h2-8,11-12H,9-10H2,1H3. The fourth-order valence-electron chi connectivity index (χ4n) is 2.33. The Labute approximate surface area is 107 Å². The number of carbonyl (C=O) groups excluding carboxylic acids is 1. The maximum absolute atomic E-state index is 10.8.